The van der Waals surface area contributed by atoms with E-state index in [0.717, 1.165) is 16.5 Å². The van der Waals surface area contributed by atoms with Crippen LogP contribution in [0.25, 0.3) is 16.7 Å². The van der Waals surface area contributed by atoms with Gasteiger partial charge in [-0.25, -0.2) is 22.2 Å². The molecule has 4 rings (SSSR count). The highest BCUT2D eigenvalue weighted by atomic mass is 35.5. The lowest BCUT2D eigenvalue weighted by Gasteiger charge is -2.11. The number of aryl methyl sites for hydroxylation is 2. The summed E-state index contributed by atoms with van der Waals surface area (Å²) >= 11 is 6.25. The summed E-state index contributed by atoms with van der Waals surface area (Å²) in [7, 11) is 0. The molecule has 176 valence electrons. The average molecular weight is 493 g/mol. The van der Waals surface area contributed by atoms with Gasteiger partial charge in [-0.3, -0.25) is 4.79 Å². The number of nitrogens with one attached hydrogen (secondary N) is 1. The highest BCUT2D eigenvalue weighted by Gasteiger charge is 2.22. The lowest BCUT2D eigenvalue weighted by molar-refractivity contribution is -0.118. The summed E-state index contributed by atoms with van der Waals surface area (Å²) in [5.74, 6) is -7.74. The van der Waals surface area contributed by atoms with Gasteiger partial charge in [-0.2, -0.15) is 10.1 Å². The van der Waals surface area contributed by atoms with Crippen molar-refractivity contribution < 1.29 is 27.1 Å². The molecule has 4 aromatic rings. The van der Waals surface area contributed by atoms with Gasteiger partial charge >= 0.3 is 0 Å². The number of halogens is 5. The second-order valence-corrected chi connectivity index (χ2v) is 7.94. The van der Waals surface area contributed by atoms with Gasteiger partial charge in [-0.15, -0.1) is 0 Å². The van der Waals surface area contributed by atoms with Crippen LogP contribution in [0.2, 0.25) is 5.02 Å². The minimum atomic E-state index is -1.72. The highest BCUT2D eigenvalue weighted by Crippen LogP contribution is 2.30. The second kappa shape index (κ2) is 8.94. The van der Waals surface area contributed by atoms with E-state index in [1.54, 1.807) is 35.1 Å². The standard InChI is InChI=1S/C23H17ClF4N4O2/c1-10-7-18(34-9-17(33)29-22-20(27)14(25)8-15(26)21(22)28)30-23-19(10)12(3)31-32(23)16-6-4-5-13(24)11(16)2/h4-8H,9H2,1-3H3,(H,29,33). The quantitative estimate of drug-likeness (QED) is 0.292. The molecule has 0 spiro atoms. The monoisotopic (exact) mass is 492 g/mol. The van der Waals surface area contributed by atoms with Crippen LogP contribution in [0.1, 0.15) is 16.8 Å². The molecule has 0 bridgehead atoms. The van der Waals surface area contributed by atoms with Crippen LogP contribution < -0.4 is 10.1 Å². The number of fused-ring (bicyclic) bond motifs is 1. The summed E-state index contributed by atoms with van der Waals surface area (Å²) in [6.45, 7) is 4.74. The first kappa shape index (κ1) is 23.5. The third-order valence-corrected chi connectivity index (χ3v) is 5.59. The van der Waals surface area contributed by atoms with Gasteiger partial charge in [0, 0.05) is 22.5 Å². The molecule has 1 N–H and O–H groups in total. The first-order chi connectivity index (χ1) is 16.1. The Morgan fingerprint density at radius 2 is 1.76 bits per heavy atom. The third kappa shape index (κ3) is 4.16. The first-order valence-electron chi connectivity index (χ1n) is 9.96. The summed E-state index contributed by atoms with van der Waals surface area (Å²) in [6.07, 6.45) is 0. The van der Waals surface area contributed by atoms with Gasteiger partial charge < -0.3 is 10.1 Å². The number of amides is 1. The molecule has 0 aliphatic heterocycles. The number of benzene rings is 2. The smallest absolute Gasteiger partial charge is 0.262 e. The SMILES string of the molecule is Cc1c(Cl)cccc1-n1nc(C)c2c(C)cc(OCC(=O)Nc3c(F)c(F)cc(F)c3F)nc21. The lowest BCUT2D eigenvalue weighted by Crippen LogP contribution is -2.22. The molecular weight excluding hydrogens is 476 g/mol. The molecule has 6 nitrogen and oxygen atoms in total. The number of carbonyl (C=O) groups is 1. The number of hydrogen-bond acceptors (Lipinski definition) is 4. The van der Waals surface area contributed by atoms with Crippen molar-refractivity contribution in [3.63, 3.8) is 0 Å². The number of rotatable bonds is 5. The maximum absolute atomic E-state index is 13.8. The molecule has 0 unspecified atom stereocenters. The molecule has 2 heterocycles. The number of anilines is 1. The summed E-state index contributed by atoms with van der Waals surface area (Å²) < 4.78 is 61.3. The Morgan fingerprint density at radius 1 is 1.09 bits per heavy atom. The fourth-order valence-electron chi connectivity index (χ4n) is 3.54. The fourth-order valence-corrected chi connectivity index (χ4v) is 3.71. The van der Waals surface area contributed by atoms with Crippen LogP contribution >= 0.6 is 11.6 Å². The molecule has 2 aromatic heterocycles. The van der Waals surface area contributed by atoms with Crippen molar-refractivity contribution in [3.05, 3.63) is 75.4 Å². The maximum Gasteiger partial charge on any atom is 0.262 e. The lowest BCUT2D eigenvalue weighted by atomic mass is 10.1. The van der Waals surface area contributed by atoms with E-state index in [0.29, 0.717) is 22.1 Å². The van der Waals surface area contributed by atoms with Crippen LogP contribution in [0.15, 0.2) is 30.3 Å². The van der Waals surface area contributed by atoms with Gasteiger partial charge in [0.2, 0.25) is 5.88 Å². The molecule has 2 aromatic carbocycles. The summed E-state index contributed by atoms with van der Waals surface area (Å²) in [5, 5.41) is 7.66. The van der Waals surface area contributed by atoms with Crippen molar-refractivity contribution in [2.24, 2.45) is 0 Å². The summed E-state index contributed by atoms with van der Waals surface area (Å²) in [5.41, 5.74) is 2.16. The van der Waals surface area contributed by atoms with Crippen molar-refractivity contribution >= 4 is 34.2 Å². The maximum atomic E-state index is 13.8. The molecule has 0 atom stereocenters. The van der Waals surface area contributed by atoms with Crippen molar-refractivity contribution in [1.82, 2.24) is 14.8 Å². The molecule has 1 amide bonds. The Labute approximate surface area is 196 Å². The molecule has 0 saturated heterocycles. The number of aromatic nitrogens is 3. The molecule has 0 radical (unpaired) electrons. The van der Waals surface area contributed by atoms with E-state index in [2.05, 4.69) is 10.1 Å². The van der Waals surface area contributed by atoms with Crippen molar-refractivity contribution in [3.8, 4) is 11.6 Å². The molecule has 34 heavy (non-hydrogen) atoms. The van der Waals surface area contributed by atoms with Crippen molar-refractivity contribution in [1.29, 1.82) is 0 Å². The van der Waals surface area contributed by atoms with E-state index in [1.807, 2.05) is 19.9 Å². The number of nitrogens with zero attached hydrogens (tertiary/aromatic N) is 3. The molecule has 0 aliphatic rings. The first-order valence-corrected chi connectivity index (χ1v) is 10.3. The predicted octanol–water partition coefficient (Wildman–Crippen LogP) is 5.57. The minimum absolute atomic E-state index is 0.0346. The molecule has 11 heteroatoms. The Hall–Kier alpha value is -3.66. The van der Waals surface area contributed by atoms with E-state index in [-0.39, 0.29) is 11.9 Å². The minimum Gasteiger partial charge on any atom is -0.467 e. The van der Waals surface area contributed by atoms with Crippen LogP contribution in [0.4, 0.5) is 23.2 Å². The Morgan fingerprint density at radius 3 is 2.44 bits per heavy atom. The zero-order valence-electron chi connectivity index (χ0n) is 18.1. The van der Waals surface area contributed by atoms with Crippen LogP contribution in [-0.4, -0.2) is 27.3 Å². The van der Waals surface area contributed by atoms with E-state index in [4.69, 9.17) is 16.3 Å². The molecule has 0 saturated carbocycles. The Balaban J connectivity index is 1.63. The number of ether oxygens (including phenoxy) is 1. The van der Waals surface area contributed by atoms with Crippen LogP contribution in [-0.2, 0) is 4.79 Å². The van der Waals surface area contributed by atoms with E-state index in [9.17, 15) is 22.4 Å². The topological polar surface area (TPSA) is 69.0 Å². The van der Waals surface area contributed by atoms with E-state index in [1.165, 1.54) is 0 Å². The second-order valence-electron chi connectivity index (χ2n) is 7.54. The largest absolute Gasteiger partial charge is 0.467 e. The van der Waals surface area contributed by atoms with Gasteiger partial charge in [0.05, 0.1) is 11.4 Å². The zero-order valence-corrected chi connectivity index (χ0v) is 18.9. The molecule has 0 fully saturated rings. The fraction of sp³-hybridized carbons (Fsp3) is 0.174. The summed E-state index contributed by atoms with van der Waals surface area (Å²) in [6, 6.07) is 6.97. The average Bonchev–Trinajstić information content (AvgIpc) is 3.12. The van der Waals surface area contributed by atoms with Crippen LogP contribution in [0.5, 0.6) is 5.88 Å². The third-order valence-electron chi connectivity index (χ3n) is 5.18. The van der Waals surface area contributed by atoms with E-state index < -0.39 is 41.5 Å². The van der Waals surface area contributed by atoms with Gasteiger partial charge in [0.1, 0.15) is 5.69 Å². The Bertz CT molecular complexity index is 1430. The molecular formula is C23H17ClF4N4O2. The normalized spacial score (nSPS) is 11.2. The zero-order chi connectivity index (χ0) is 24.7. The predicted molar refractivity (Wildman–Crippen MR) is 118 cm³/mol. The van der Waals surface area contributed by atoms with Crippen LogP contribution in [0.3, 0.4) is 0 Å². The highest BCUT2D eigenvalue weighted by molar-refractivity contribution is 6.31. The van der Waals surface area contributed by atoms with Gasteiger partial charge in [0.25, 0.3) is 5.91 Å². The van der Waals surface area contributed by atoms with Crippen molar-refractivity contribution in [2.75, 3.05) is 11.9 Å². The number of hydrogen-bond donors (Lipinski definition) is 1. The molecule has 0 aliphatic carbocycles. The van der Waals surface area contributed by atoms with E-state index >= 15 is 0 Å². The van der Waals surface area contributed by atoms with Crippen LogP contribution in [0, 0.1) is 44.0 Å². The van der Waals surface area contributed by atoms with Gasteiger partial charge in [-0.05, 0) is 44.0 Å². The number of carbonyl (C=O) groups excluding carboxylic acids is 1. The van der Waals surface area contributed by atoms with Gasteiger partial charge in [-0.1, -0.05) is 17.7 Å². The van der Waals surface area contributed by atoms with Gasteiger partial charge in [0.15, 0.2) is 35.5 Å². The summed E-state index contributed by atoms with van der Waals surface area (Å²) in [4.78, 5) is 16.6. The van der Waals surface area contributed by atoms with Crippen molar-refractivity contribution in [2.45, 2.75) is 20.8 Å². The Kier molecular flexibility index (Phi) is 6.18. The number of pyridine rings is 1.